The second-order valence-electron chi connectivity index (χ2n) is 4.45. The number of rotatable bonds is 9. The van der Waals surface area contributed by atoms with Crippen LogP contribution in [0, 0.1) is 11.5 Å². The van der Waals surface area contributed by atoms with E-state index in [1.807, 2.05) is 18.3 Å². The van der Waals surface area contributed by atoms with Gasteiger partial charge in [0.1, 0.15) is 5.75 Å². The molecule has 0 aliphatic rings. The van der Waals surface area contributed by atoms with Crippen LogP contribution in [0.2, 0.25) is 0 Å². The van der Waals surface area contributed by atoms with Crippen molar-refractivity contribution in [2.45, 2.75) is 25.5 Å². The van der Waals surface area contributed by atoms with Crippen molar-refractivity contribution in [3.05, 3.63) is 24.0 Å². The Morgan fingerprint density at radius 1 is 1.55 bits per heavy atom. The molecule has 0 unspecified atom stereocenters. The molecular weight excluding hydrogens is 298 g/mol. The van der Waals surface area contributed by atoms with Crippen LogP contribution >= 0.6 is 11.8 Å². The molecule has 0 saturated heterocycles. The fraction of sp³-hybridized carbons (Fsp3) is 0.533. The normalized spacial score (nSPS) is 10.9. The van der Waals surface area contributed by atoms with E-state index in [4.69, 9.17) is 10.00 Å². The standard InChI is InChI=1S/C15H23N5OS/c1-3-4-7-18-15(20-12-16)19-9-10-22-11-13-14(21-2)6-5-8-17-13/h5-6,8H,3-4,7,9-11H2,1-2H3,(H2,18,19,20). The van der Waals surface area contributed by atoms with Gasteiger partial charge >= 0.3 is 0 Å². The summed E-state index contributed by atoms with van der Waals surface area (Å²) in [7, 11) is 1.65. The molecule has 120 valence electrons. The third kappa shape index (κ3) is 7.18. The van der Waals surface area contributed by atoms with E-state index in [0.29, 0.717) is 5.96 Å². The van der Waals surface area contributed by atoms with Crippen molar-refractivity contribution >= 4 is 17.7 Å². The van der Waals surface area contributed by atoms with Crippen LogP contribution in [0.3, 0.4) is 0 Å². The maximum atomic E-state index is 8.69. The Labute approximate surface area is 136 Å². The van der Waals surface area contributed by atoms with E-state index < -0.39 is 0 Å². The number of methoxy groups -OCH3 is 1. The Hall–Kier alpha value is -1.94. The third-order valence-corrected chi connectivity index (χ3v) is 3.77. The van der Waals surface area contributed by atoms with Gasteiger partial charge in [0.05, 0.1) is 12.8 Å². The maximum absolute atomic E-state index is 8.69. The van der Waals surface area contributed by atoms with E-state index in [2.05, 4.69) is 27.5 Å². The Bertz CT molecular complexity index is 501. The van der Waals surface area contributed by atoms with Gasteiger partial charge in [0.25, 0.3) is 0 Å². The van der Waals surface area contributed by atoms with Crippen LogP contribution in [-0.4, -0.2) is 36.9 Å². The largest absolute Gasteiger partial charge is 0.495 e. The fourth-order valence-corrected chi connectivity index (χ4v) is 2.47. The molecule has 0 aliphatic carbocycles. The summed E-state index contributed by atoms with van der Waals surface area (Å²) in [6.07, 6.45) is 5.78. The van der Waals surface area contributed by atoms with Gasteiger partial charge in [-0.2, -0.15) is 17.0 Å². The van der Waals surface area contributed by atoms with Gasteiger partial charge in [0, 0.05) is 30.8 Å². The van der Waals surface area contributed by atoms with Crippen LogP contribution in [0.1, 0.15) is 25.5 Å². The summed E-state index contributed by atoms with van der Waals surface area (Å²) in [4.78, 5) is 8.63. The minimum Gasteiger partial charge on any atom is -0.495 e. The maximum Gasteiger partial charge on any atom is 0.204 e. The van der Waals surface area contributed by atoms with Crippen molar-refractivity contribution in [1.29, 1.82) is 5.26 Å². The molecule has 1 aromatic rings. The molecule has 1 aromatic heterocycles. The van der Waals surface area contributed by atoms with Gasteiger partial charge in [-0.1, -0.05) is 13.3 Å². The Kier molecular flexibility index (Phi) is 9.62. The zero-order valence-corrected chi connectivity index (χ0v) is 13.9. The van der Waals surface area contributed by atoms with Crippen LogP contribution in [0.25, 0.3) is 0 Å². The average molecular weight is 321 g/mol. The first kappa shape index (κ1) is 18.1. The molecule has 2 N–H and O–H groups in total. The Balaban J connectivity index is 2.28. The number of ether oxygens (including phenoxy) is 1. The number of hydrogen-bond acceptors (Lipinski definition) is 5. The van der Waals surface area contributed by atoms with Gasteiger partial charge < -0.3 is 10.1 Å². The molecule has 0 saturated carbocycles. The van der Waals surface area contributed by atoms with E-state index in [0.717, 1.165) is 48.9 Å². The quantitative estimate of drug-likeness (QED) is 0.238. The van der Waals surface area contributed by atoms with Crippen LogP contribution in [0.5, 0.6) is 5.75 Å². The molecule has 0 aliphatic heterocycles. The van der Waals surface area contributed by atoms with Gasteiger partial charge in [-0.25, -0.2) is 0 Å². The van der Waals surface area contributed by atoms with Crippen molar-refractivity contribution in [2.75, 3.05) is 26.0 Å². The fourth-order valence-electron chi connectivity index (χ4n) is 1.67. The molecule has 0 bridgehead atoms. The highest BCUT2D eigenvalue weighted by Crippen LogP contribution is 2.19. The first-order valence-corrected chi connectivity index (χ1v) is 8.46. The van der Waals surface area contributed by atoms with Crippen molar-refractivity contribution in [3.8, 4) is 11.9 Å². The number of thioether (sulfide) groups is 1. The van der Waals surface area contributed by atoms with E-state index in [1.54, 1.807) is 25.1 Å². The molecular formula is C15H23N5OS. The minimum absolute atomic E-state index is 0.548. The predicted octanol–water partition coefficient (Wildman–Crippen LogP) is 2.14. The summed E-state index contributed by atoms with van der Waals surface area (Å²) >= 11 is 1.75. The highest BCUT2D eigenvalue weighted by Gasteiger charge is 2.03. The van der Waals surface area contributed by atoms with Crippen molar-refractivity contribution in [1.82, 2.24) is 15.6 Å². The van der Waals surface area contributed by atoms with Crippen molar-refractivity contribution < 1.29 is 4.74 Å². The predicted molar refractivity (Wildman–Crippen MR) is 90.9 cm³/mol. The Morgan fingerprint density at radius 2 is 2.41 bits per heavy atom. The summed E-state index contributed by atoms with van der Waals surface area (Å²) in [5.74, 6) is 3.04. The molecule has 0 fully saturated rings. The monoisotopic (exact) mass is 321 g/mol. The summed E-state index contributed by atoms with van der Waals surface area (Å²) in [5, 5.41) is 14.4. The van der Waals surface area contributed by atoms with E-state index in [-0.39, 0.29) is 0 Å². The smallest absolute Gasteiger partial charge is 0.204 e. The lowest BCUT2D eigenvalue weighted by Gasteiger charge is -2.09. The SMILES string of the molecule is CCCCN=C(NC#N)NCCSCc1ncccc1OC. The van der Waals surface area contributed by atoms with Gasteiger partial charge in [-0.15, -0.1) is 0 Å². The molecule has 7 heteroatoms. The Morgan fingerprint density at radius 3 is 3.14 bits per heavy atom. The first-order chi connectivity index (χ1) is 10.8. The molecule has 0 aromatic carbocycles. The van der Waals surface area contributed by atoms with Crippen molar-refractivity contribution in [2.24, 2.45) is 4.99 Å². The molecule has 0 atom stereocenters. The number of guanidine groups is 1. The number of nitrogens with zero attached hydrogens (tertiary/aromatic N) is 3. The van der Waals surface area contributed by atoms with Crippen LogP contribution in [0.4, 0.5) is 0 Å². The van der Waals surface area contributed by atoms with E-state index in [1.165, 1.54) is 0 Å². The highest BCUT2D eigenvalue weighted by atomic mass is 32.2. The average Bonchev–Trinajstić information content (AvgIpc) is 2.55. The minimum atomic E-state index is 0.548. The van der Waals surface area contributed by atoms with Crippen molar-refractivity contribution in [3.63, 3.8) is 0 Å². The first-order valence-electron chi connectivity index (χ1n) is 7.30. The lowest BCUT2D eigenvalue weighted by molar-refractivity contribution is 0.409. The molecule has 0 spiro atoms. The number of pyridine rings is 1. The summed E-state index contributed by atoms with van der Waals surface area (Å²) in [6.45, 7) is 3.58. The number of nitrogens with one attached hydrogen (secondary N) is 2. The van der Waals surface area contributed by atoms with E-state index >= 15 is 0 Å². The van der Waals surface area contributed by atoms with Gasteiger partial charge in [-0.3, -0.25) is 15.3 Å². The van der Waals surface area contributed by atoms with Crippen LogP contribution < -0.4 is 15.4 Å². The van der Waals surface area contributed by atoms with Crippen LogP contribution in [-0.2, 0) is 5.75 Å². The molecule has 0 amide bonds. The number of unbranched alkanes of at least 4 members (excludes halogenated alkanes) is 1. The lowest BCUT2D eigenvalue weighted by atomic mass is 10.3. The summed E-state index contributed by atoms with van der Waals surface area (Å²) in [6, 6.07) is 3.78. The summed E-state index contributed by atoms with van der Waals surface area (Å²) in [5.41, 5.74) is 0.946. The second kappa shape index (κ2) is 11.7. The molecule has 22 heavy (non-hydrogen) atoms. The summed E-state index contributed by atoms with van der Waals surface area (Å²) < 4.78 is 5.27. The number of aliphatic imine (C=N–C) groups is 1. The third-order valence-electron chi connectivity index (χ3n) is 2.80. The molecule has 6 nitrogen and oxygen atoms in total. The van der Waals surface area contributed by atoms with Gasteiger partial charge in [0.15, 0.2) is 6.19 Å². The highest BCUT2D eigenvalue weighted by molar-refractivity contribution is 7.98. The number of aromatic nitrogens is 1. The molecule has 1 rings (SSSR count). The molecule has 1 heterocycles. The molecule has 0 radical (unpaired) electrons. The zero-order chi connectivity index (χ0) is 16.0. The lowest BCUT2D eigenvalue weighted by Crippen LogP contribution is -2.36. The van der Waals surface area contributed by atoms with Gasteiger partial charge in [0.2, 0.25) is 5.96 Å². The second-order valence-corrected chi connectivity index (χ2v) is 5.56. The van der Waals surface area contributed by atoms with Gasteiger partial charge in [-0.05, 0) is 18.6 Å². The number of nitriles is 1. The van der Waals surface area contributed by atoms with Crippen LogP contribution in [0.15, 0.2) is 23.3 Å². The number of hydrogen-bond donors (Lipinski definition) is 2. The topological polar surface area (TPSA) is 82.3 Å². The van der Waals surface area contributed by atoms with E-state index in [9.17, 15) is 0 Å². The zero-order valence-electron chi connectivity index (χ0n) is 13.1.